The zero-order valence-corrected chi connectivity index (χ0v) is 14.5. The van der Waals surface area contributed by atoms with Gasteiger partial charge in [0, 0.05) is 36.9 Å². The molecule has 0 radical (unpaired) electrons. The third-order valence-corrected chi connectivity index (χ3v) is 6.90. The van der Waals surface area contributed by atoms with Gasteiger partial charge in [0.1, 0.15) is 0 Å². The highest BCUT2D eigenvalue weighted by atomic mass is 32.2. The Kier molecular flexibility index (Phi) is 4.46. The summed E-state index contributed by atoms with van der Waals surface area (Å²) in [6.45, 7) is 5.61. The number of aromatic amines is 1. The summed E-state index contributed by atoms with van der Waals surface area (Å²) in [5.74, 6) is 0.295. The van der Waals surface area contributed by atoms with E-state index in [1.165, 1.54) is 0 Å². The molecule has 3 heterocycles. The Balaban J connectivity index is 1.68. The molecule has 2 saturated heterocycles. The number of hydrogen-bond donors (Lipinski definition) is 1. The quantitative estimate of drug-likeness (QED) is 0.873. The Bertz CT molecular complexity index is 678. The van der Waals surface area contributed by atoms with Crippen molar-refractivity contribution < 1.29 is 13.2 Å². The van der Waals surface area contributed by atoms with Crippen LogP contribution in [0.15, 0.2) is 0 Å². The second-order valence-corrected chi connectivity index (χ2v) is 8.55. The Morgan fingerprint density at radius 1 is 1.30 bits per heavy atom. The molecular weight excluding hydrogens is 316 g/mol. The molecule has 2 aliphatic rings. The highest BCUT2D eigenvalue weighted by molar-refractivity contribution is 7.89. The first kappa shape index (κ1) is 16.4. The van der Waals surface area contributed by atoms with Crippen molar-refractivity contribution in [2.24, 2.45) is 0 Å². The number of nitrogens with one attached hydrogen (secondary N) is 1. The molecule has 0 bridgehead atoms. The molecule has 0 aliphatic carbocycles. The number of piperidine rings is 1. The molecule has 1 aromatic rings. The van der Waals surface area contributed by atoms with Gasteiger partial charge >= 0.3 is 0 Å². The van der Waals surface area contributed by atoms with Gasteiger partial charge in [0.05, 0.1) is 17.9 Å². The summed E-state index contributed by atoms with van der Waals surface area (Å²) in [6.07, 6.45) is 2.71. The molecule has 0 aromatic carbocycles. The predicted molar refractivity (Wildman–Crippen MR) is 86.5 cm³/mol. The molecule has 1 amide bonds. The van der Waals surface area contributed by atoms with E-state index >= 15 is 0 Å². The number of amides is 1. The average molecular weight is 340 g/mol. The Labute approximate surface area is 137 Å². The molecule has 2 fully saturated rings. The van der Waals surface area contributed by atoms with E-state index in [-0.39, 0.29) is 17.7 Å². The monoisotopic (exact) mass is 340 g/mol. The highest BCUT2D eigenvalue weighted by Crippen LogP contribution is 2.24. The molecule has 3 rings (SSSR count). The van der Waals surface area contributed by atoms with Crippen molar-refractivity contribution in [1.29, 1.82) is 0 Å². The maximum Gasteiger partial charge on any atom is 0.227 e. The number of hydrogen-bond acceptors (Lipinski definition) is 4. The molecule has 1 N–H and O–H groups in total. The van der Waals surface area contributed by atoms with Crippen LogP contribution in [0.1, 0.15) is 36.2 Å². The second kappa shape index (κ2) is 6.24. The summed E-state index contributed by atoms with van der Waals surface area (Å²) in [6, 6.07) is -0.0632. The van der Waals surface area contributed by atoms with Crippen LogP contribution in [0.5, 0.6) is 0 Å². The van der Waals surface area contributed by atoms with Crippen molar-refractivity contribution in [3.05, 3.63) is 17.0 Å². The van der Waals surface area contributed by atoms with Crippen LogP contribution in [0, 0.1) is 13.8 Å². The van der Waals surface area contributed by atoms with Crippen LogP contribution in [-0.2, 0) is 21.2 Å². The van der Waals surface area contributed by atoms with Crippen LogP contribution in [0.2, 0.25) is 0 Å². The molecule has 1 atom stereocenters. The van der Waals surface area contributed by atoms with Crippen LogP contribution >= 0.6 is 0 Å². The minimum absolute atomic E-state index is 0.0545. The molecule has 128 valence electrons. The number of sulfonamides is 1. The van der Waals surface area contributed by atoms with Crippen molar-refractivity contribution in [1.82, 2.24) is 19.4 Å². The van der Waals surface area contributed by atoms with Crippen LogP contribution < -0.4 is 0 Å². The average Bonchev–Trinajstić information content (AvgIpc) is 3.03. The van der Waals surface area contributed by atoms with E-state index in [1.54, 1.807) is 4.31 Å². The lowest BCUT2D eigenvalue weighted by atomic mass is 10.0. The molecule has 8 heteroatoms. The number of nitrogens with zero attached hydrogens (tertiary/aromatic N) is 3. The lowest BCUT2D eigenvalue weighted by molar-refractivity contribution is -0.132. The SMILES string of the molecule is Cc1n[nH]c(C)c1CC(=O)N1CCCC(N2CCCS2(=O)=O)C1. The summed E-state index contributed by atoms with van der Waals surface area (Å²) in [4.78, 5) is 14.4. The molecule has 7 nitrogen and oxygen atoms in total. The zero-order chi connectivity index (χ0) is 16.6. The summed E-state index contributed by atoms with van der Waals surface area (Å²) < 4.78 is 25.8. The molecular formula is C15H24N4O3S. The fourth-order valence-electron chi connectivity index (χ4n) is 3.58. The van der Waals surface area contributed by atoms with Gasteiger partial charge in [-0.2, -0.15) is 9.40 Å². The summed E-state index contributed by atoms with van der Waals surface area (Å²) >= 11 is 0. The predicted octanol–water partition coefficient (Wildman–Crippen LogP) is 0.596. The zero-order valence-electron chi connectivity index (χ0n) is 13.7. The Hall–Kier alpha value is -1.41. The minimum atomic E-state index is -3.12. The van der Waals surface area contributed by atoms with Crippen molar-refractivity contribution in [2.75, 3.05) is 25.4 Å². The van der Waals surface area contributed by atoms with Crippen molar-refractivity contribution in [2.45, 2.75) is 45.6 Å². The Morgan fingerprint density at radius 2 is 2.09 bits per heavy atom. The van der Waals surface area contributed by atoms with Gasteiger partial charge in [-0.05, 0) is 33.1 Å². The van der Waals surface area contributed by atoms with Gasteiger partial charge in [0.15, 0.2) is 0 Å². The molecule has 23 heavy (non-hydrogen) atoms. The first-order chi connectivity index (χ1) is 10.9. The summed E-state index contributed by atoms with van der Waals surface area (Å²) in [5.41, 5.74) is 2.73. The first-order valence-corrected chi connectivity index (χ1v) is 9.77. The maximum atomic E-state index is 12.6. The molecule has 1 aromatic heterocycles. The summed E-state index contributed by atoms with van der Waals surface area (Å²) in [5, 5.41) is 7.03. The maximum absolute atomic E-state index is 12.6. The van der Waals surface area contributed by atoms with Crippen molar-refractivity contribution in [3.63, 3.8) is 0 Å². The lowest BCUT2D eigenvalue weighted by Crippen LogP contribution is -2.50. The first-order valence-electron chi connectivity index (χ1n) is 8.16. The third kappa shape index (κ3) is 3.28. The normalized spacial score (nSPS) is 25.0. The van der Waals surface area contributed by atoms with E-state index in [0.717, 1.165) is 29.8 Å². The molecule has 2 aliphatic heterocycles. The van der Waals surface area contributed by atoms with Crippen LogP contribution in [0.25, 0.3) is 0 Å². The van der Waals surface area contributed by atoms with E-state index in [4.69, 9.17) is 0 Å². The lowest BCUT2D eigenvalue weighted by Gasteiger charge is -2.36. The molecule has 0 spiro atoms. The molecule has 1 unspecified atom stereocenters. The summed E-state index contributed by atoms with van der Waals surface area (Å²) in [7, 11) is -3.12. The fraction of sp³-hybridized carbons (Fsp3) is 0.733. The Morgan fingerprint density at radius 3 is 2.70 bits per heavy atom. The number of carbonyl (C=O) groups excluding carboxylic acids is 1. The number of aromatic nitrogens is 2. The molecule has 0 saturated carbocycles. The van der Waals surface area contributed by atoms with Gasteiger partial charge < -0.3 is 4.90 Å². The van der Waals surface area contributed by atoms with Crippen LogP contribution in [0.3, 0.4) is 0 Å². The standard InChI is InChI=1S/C15H24N4O3S/c1-11-14(12(2)17-16-11)9-15(20)18-6-3-5-13(10-18)19-7-4-8-23(19,21)22/h13H,3-10H2,1-2H3,(H,16,17). The number of carbonyl (C=O) groups is 1. The third-order valence-electron chi connectivity index (χ3n) is 4.90. The van der Waals surface area contributed by atoms with E-state index in [2.05, 4.69) is 10.2 Å². The topological polar surface area (TPSA) is 86.4 Å². The second-order valence-electron chi connectivity index (χ2n) is 6.51. The number of H-pyrrole nitrogens is 1. The largest absolute Gasteiger partial charge is 0.341 e. The fourth-order valence-corrected chi connectivity index (χ4v) is 5.34. The van der Waals surface area contributed by atoms with Crippen LogP contribution in [-0.4, -0.2) is 65.2 Å². The van der Waals surface area contributed by atoms with Crippen molar-refractivity contribution in [3.8, 4) is 0 Å². The van der Waals surface area contributed by atoms with Gasteiger partial charge in [0.25, 0.3) is 0 Å². The number of rotatable bonds is 3. The van der Waals surface area contributed by atoms with E-state index in [0.29, 0.717) is 32.5 Å². The van der Waals surface area contributed by atoms with Gasteiger partial charge in [-0.15, -0.1) is 0 Å². The van der Waals surface area contributed by atoms with Gasteiger partial charge in [0.2, 0.25) is 15.9 Å². The highest BCUT2D eigenvalue weighted by Gasteiger charge is 2.37. The van der Waals surface area contributed by atoms with E-state index in [1.807, 2.05) is 18.7 Å². The smallest absolute Gasteiger partial charge is 0.227 e. The van der Waals surface area contributed by atoms with Gasteiger partial charge in [-0.3, -0.25) is 9.89 Å². The minimum Gasteiger partial charge on any atom is -0.341 e. The van der Waals surface area contributed by atoms with E-state index < -0.39 is 10.0 Å². The van der Waals surface area contributed by atoms with Crippen LogP contribution in [0.4, 0.5) is 0 Å². The number of aryl methyl sites for hydroxylation is 2. The van der Waals surface area contributed by atoms with Gasteiger partial charge in [-0.1, -0.05) is 0 Å². The van der Waals surface area contributed by atoms with Crippen molar-refractivity contribution >= 4 is 15.9 Å². The van der Waals surface area contributed by atoms with E-state index in [9.17, 15) is 13.2 Å². The van der Waals surface area contributed by atoms with Gasteiger partial charge in [-0.25, -0.2) is 8.42 Å². The number of likely N-dealkylation sites (tertiary alicyclic amines) is 1.